The first-order valence-electron chi connectivity index (χ1n) is 8.68. The van der Waals surface area contributed by atoms with E-state index in [0.717, 1.165) is 21.1 Å². The van der Waals surface area contributed by atoms with Crippen molar-refractivity contribution in [1.82, 2.24) is 14.5 Å². The highest BCUT2D eigenvalue weighted by atomic mass is 79.9. The van der Waals surface area contributed by atoms with E-state index in [1.165, 1.54) is 18.3 Å². The average molecular weight is 545 g/mol. The summed E-state index contributed by atoms with van der Waals surface area (Å²) in [5, 5.41) is 1.81. The molecule has 0 bridgehead atoms. The van der Waals surface area contributed by atoms with Crippen molar-refractivity contribution in [2.75, 3.05) is 31.9 Å². The zero-order valence-electron chi connectivity index (χ0n) is 15.2. The number of hydrogen-bond acceptors (Lipinski definition) is 5. The third kappa shape index (κ3) is 5.75. The van der Waals surface area contributed by atoms with Crippen LogP contribution in [0.3, 0.4) is 0 Å². The van der Waals surface area contributed by atoms with Crippen LogP contribution in [0.5, 0.6) is 0 Å². The summed E-state index contributed by atoms with van der Waals surface area (Å²) in [6.45, 7) is 4.57. The van der Waals surface area contributed by atoms with Crippen molar-refractivity contribution in [3.8, 4) is 0 Å². The molecule has 0 radical (unpaired) electrons. The monoisotopic (exact) mass is 543 g/mol. The van der Waals surface area contributed by atoms with E-state index in [1.54, 1.807) is 9.80 Å². The summed E-state index contributed by atoms with van der Waals surface area (Å²) in [5.41, 5.74) is 0.609. The van der Waals surface area contributed by atoms with Crippen molar-refractivity contribution >= 4 is 65.0 Å². The highest BCUT2D eigenvalue weighted by Crippen LogP contribution is 2.34. The van der Waals surface area contributed by atoms with E-state index < -0.39 is 10.0 Å². The highest BCUT2D eigenvalue weighted by molar-refractivity contribution is 9.13. The number of nitrogens with zero attached hydrogens (tertiary/aromatic N) is 2. The van der Waals surface area contributed by atoms with Gasteiger partial charge in [0.05, 0.1) is 26.1 Å². The first-order chi connectivity index (χ1) is 12.7. The van der Waals surface area contributed by atoms with E-state index in [0.29, 0.717) is 25.2 Å². The van der Waals surface area contributed by atoms with E-state index in [9.17, 15) is 18.0 Å². The standard InChI is InChI=1S/C16H23Br2N3O4S2/c1-3-5-11-9-20(16(23)12-10-26-15(18)14(12)17)6-7-21(11)13(22)8-19-27(24,25)4-2/h10-11,19H,3-9H2,1-2H3. The number of thiophene rings is 1. The Balaban J connectivity index is 2.06. The van der Waals surface area contributed by atoms with Crippen LogP contribution in [0.2, 0.25) is 0 Å². The molecule has 1 saturated heterocycles. The maximum Gasteiger partial charge on any atom is 0.256 e. The molecular formula is C16H23Br2N3O4S2. The fraction of sp³-hybridized carbons (Fsp3) is 0.625. The number of sulfonamides is 1. The number of carbonyl (C=O) groups excluding carboxylic acids is 2. The lowest BCUT2D eigenvalue weighted by Gasteiger charge is -2.41. The summed E-state index contributed by atoms with van der Waals surface area (Å²) in [4.78, 5) is 28.8. The molecule has 1 aromatic heterocycles. The van der Waals surface area contributed by atoms with Gasteiger partial charge in [-0.25, -0.2) is 13.1 Å². The van der Waals surface area contributed by atoms with Gasteiger partial charge in [0.15, 0.2) is 0 Å². The van der Waals surface area contributed by atoms with Crippen LogP contribution < -0.4 is 4.72 Å². The van der Waals surface area contributed by atoms with Crippen molar-refractivity contribution in [2.24, 2.45) is 0 Å². The van der Waals surface area contributed by atoms with Gasteiger partial charge in [-0.05, 0) is 45.2 Å². The molecule has 7 nitrogen and oxygen atoms in total. The fourth-order valence-corrected chi connectivity index (χ4v) is 5.37. The molecule has 2 heterocycles. The van der Waals surface area contributed by atoms with Gasteiger partial charge in [-0.15, -0.1) is 11.3 Å². The molecule has 2 amide bonds. The van der Waals surface area contributed by atoms with Gasteiger partial charge in [0.1, 0.15) is 0 Å². The lowest BCUT2D eigenvalue weighted by molar-refractivity contribution is -0.134. The Morgan fingerprint density at radius 1 is 1.30 bits per heavy atom. The second kappa shape index (κ2) is 9.82. The fourth-order valence-electron chi connectivity index (χ4n) is 2.96. The van der Waals surface area contributed by atoms with Gasteiger partial charge in [-0.1, -0.05) is 13.3 Å². The van der Waals surface area contributed by atoms with Crippen LogP contribution in [0.15, 0.2) is 13.6 Å². The molecule has 0 aliphatic carbocycles. The lowest BCUT2D eigenvalue weighted by atomic mass is 10.1. The molecule has 0 aromatic carbocycles. The van der Waals surface area contributed by atoms with Crippen LogP contribution in [-0.2, 0) is 14.8 Å². The summed E-state index contributed by atoms with van der Waals surface area (Å²) in [6.07, 6.45) is 1.62. The van der Waals surface area contributed by atoms with Crippen LogP contribution in [-0.4, -0.2) is 68.0 Å². The predicted molar refractivity (Wildman–Crippen MR) is 113 cm³/mol. The zero-order chi connectivity index (χ0) is 20.2. The van der Waals surface area contributed by atoms with E-state index in [2.05, 4.69) is 36.6 Å². The Morgan fingerprint density at radius 3 is 2.56 bits per heavy atom. The van der Waals surface area contributed by atoms with E-state index in [4.69, 9.17) is 0 Å². The largest absolute Gasteiger partial charge is 0.335 e. The number of nitrogens with one attached hydrogen (secondary N) is 1. The number of rotatable bonds is 7. The van der Waals surface area contributed by atoms with Crippen LogP contribution in [0.4, 0.5) is 0 Å². The highest BCUT2D eigenvalue weighted by Gasteiger charge is 2.33. The molecular weight excluding hydrogens is 522 g/mol. The minimum absolute atomic E-state index is 0.0635. The molecule has 1 N–H and O–H groups in total. The molecule has 1 aromatic rings. The Bertz CT molecular complexity index is 798. The van der Waals surface area contributed by atoms with E-state index in [-0.39, 0.29) is 30.2 Å². The predicted octanol–water partition coefficient (Wildman–Crippen LogP) is 2.67. The summed E-state index contributed by atoms with van der Waals surface area (Å²) < 4.78 is 27.1. The molecule has 27 heavy (non-hydrogen) atoms. The molecule has 1 aliphatic heterocycles. The van der Waals surface area contributed by atoms with Crippen LogP contribution in [0, 0.1) is 0 Å². The second-order valence-electron chi connectivity index (χ2n) is 6.24. The average Bonchev–Trinajstić information content (AvgIpc) is 2.98. The van der Waals surface area contributed by atoms with Gasteiger partial charge in [-0.2, -0.15) is 0 Å². The maximum absolute atomic E-state index is 12.8. The zero-order valence-corrected chi connectivity index (χ0v) is 20.0. The SMILES string of the molecule is CCCC1CN(C(=O)c2csc(Br)c2Br)CCN1C(=O)CNS(=O)(=O)CC. The van der Waals surface area contributed by atoms with Crippen LogP contribution >= 0.6 is 43.2 Å². The van der Waals surface area contributed by atoms with Crippen molar-refractivity contribution < 1.29 is 18.0 Å². The topological polar surface area (TPSA) is 86.8 Å². The Kier molecular flexibility index (Phi) is 8.29. The van der Waals surface area contributed by atoms with E-state index in [1.807, 2.05) is 12.3 Å². The number of halogens is 2. The van der Waals surface area contributed by atoms with Crippen LogP contribution in [0.25, 0.3) is 0 Å². The van der Waals surface area contributed by atoms with Gasteiger partial charge >= 0.3 is 0 Å². The summed E-state index contributed by atoms with van der Waals surface area (Å²) in [6, 6.07) is -0.118. The second-order valence-corrected chi connectivity index (χ2v) is 11.3. The molecule has 0 saturated carbocycles. The first-order valence-corrected chi connectivity index (χ1v) is 12.8. The van der Waals surface area contributed by atoms with Crippen molar-refractivity contribution in [2.45, 2.75) is 32.7 Å². The number of amides is 2. The molecule has 1 aliphatic rings. The summed E-state index contributed by atoms with van der Waals surface area (Å²) in [7, 11) is -3.42. The number of piperazine rings is 1. The number of carbonyl (C=O) groups is 2. The molecule has 1 unspecified atom stereocenters. The smallest absolute Gasteiger partial charge is 0.256 e. The normalized spacial score (nSPS) is 18.0. The van der Waals surface area contributed by atoms with Gasteiger partial charge in [0.2, 0.25) is 15.9 Å². The van der Waals surface area contributed by atoms with Gasteiger partial charge in [0.25, 0.3) is 5.91 Å². The molecule has 2 rings (SSSR count). The Labute approximate surface area is 180 Å². The number of hydrogen-bond donors (Lipinski definition) is 1. The summed E-state index contributed by atoms with van der Waals surface area (Å²) >= 11 is 8.28. The van der Waals surface area contributed by atoms with Crippen molar-refractivity contribution in [1.29, 1.82) is 0 Å². The third-order valence-corrected chi connectivity index (χ3v) is 9.14. The molecule has 0 spiro atoms. The van der Waals surface area contributed by atoms with Crippen molar-refractivity contribution in [3.63, 3.8) is 0 Å². The maximum atomic E-state index is 12.8. The van der Waals surface area contributed by atoms with Gasteiger partial charge in [0, 0.05) is 31.1 Å². The molecule has 152 valence electrons. The van der Waals surface area contributed by atoms with Crippen molar-refractivity contribution in [3.05, 3.63) is 19.2 Å². The van der Waals surface area contributed by atoms with Gasteiger partial charge < -0.3 is 9.80 Å². The minimum Gasteiger partial charge on any atom is -0.335 e. The molecule has 1 fully saturated rings. The first kappa shape index (κ1) is 22.8. The summed E-state index contributed by atoms with van der Waals surface area (Å²) in [5.74, 6) is -0.382. The lowest BCUT2D eigenvalue weighted by Crippen LogP contribution is -2.58. The van der Waals surface area contributed by atoms with E-state index >= 15 is 0 Å². The van der Waals surface area contributed by atoms with Crippen LogP contribution in [0.1, 0.15) is 37.0 Å². The third-order valence-electron chi connectivity index (χ3n) is 4.46. The molecule has 11 heteroatoms. The Morgan fingerprint density at radius 2 is 2.00 bits per heavy atom. The quantitative estimate of drug-likeness (QED) is 0.571. The Hall–Kier alpha value is -0.490. The molecule has 1 atom stereocenters. The minimum atomic E-state index is -3.42. The van der Waals surface area contributed by atoms with Gasteiger partial charge in [-0.3, -0.25) is 9.59 Å².